The van der Waals surface area contributed by atoms with Crippen molar-refractivity contribution in [2.75, 3.05) is 27.9 Å². The van der Waals surface area contributed by atoms with Gasteiger partial charge in [0.1, 0.15) is 0 Å². The number of nitrogens with zero attached hydrogens (tertiary/aromatic N) is 1. The molecule has 34 heavy (non-hydrogen) atoms. The van der Waals surface area contributed by atoms with Crippen LogP contribution in [0.4, 0.5) is 0 Å². The van der Waals surface area contributed by atoms with Crippen LogP contribution in [0.25, 0.3) is 0 Å². The second kappa shape index (κ2) is 11.1. The molecule has 2 aromatic carbocycles. The van der Waals surface area contributed by atoms with Crippen molar-refractivity contribution in [3.63, 3.8) is 0 Å². The van der Waals surface area contributed by atoms with E-state index in [1.807, 2.05) is 6.92 Å². The van der Waals surface area contributed by atoms with E-state index in [4.69, 9.17) is 14.2 Å². The summed E-state index contributed by atoms with van der Waals surface area (Å²) in [6, 6.07) is 11.1. The van der Waals surface area contributed by atoms with Crippen LogP contribution in [0.15, 0.2) is 42.5 Å². The van der Waals surface area contributed by atoms with Crippen molar-refractivity contribution in [3.05, 3.63) is 53.6 Å². The van der Waals surface area contributed by atoms with Crippen LogP contribution in [0.5, 0.6) is 17.2 Å². The zero-order valence-electron chi connectivity index (χ0n) is 20.0. The van der Waals surface area contributed by atoms with Gasteiger partial charge >= 0.3 is 0 Å². The van der Waals surface area contributed by atoms with Crippen LogP contribution in [-0.2, 0) is 20.6 Å². The summed E-state index contributed by atoms with van der Waals surface area (Å²) in [4.78, 5) is 12.4. The number of carbonyl (C=O) groups is 1. The lowest BCUT2D eigenvalue weighted by Crippen LogP contribution is -2.58. The van der Waals surface area contributed by atoms with Crippen molar-refractivity contribution in [2.45, 2.75) is 43.9 Å². The van der Waals surface area contributed by atoms with Crippen molar-refractivity contribution in [3.8, 4) is 17.2 Å². The molecule has 1 aliphatic rings. The average Bonchev–Trinajstić information content (AvgIpc) is 2.83. The molecule has 3 rings (SSSR count). The van der Waals surface area contributed by atoms with Gasteiger partial charge in [0.2, 0.25) is 15.8 Å². The Hall–Kier alpha value is -2.78. The first-order valence-corrected chi connectivity index (χ1v) is 12.9. The minimum atomic E-state index is -3.88. The molecule has 1 heterocycles. The number of carbonyl (C=O) groups excluding carboxylic acids is 1. The van der Waals surface area contributed by atoms with Gasteiger partial charge in [0.15, 0.2) is 11.5 Å². The summed E-state index contributed by atoms with van der Waals surface area (Å²) in [7, 11) is 0.670. The second-order valence-electron chi connectivity index (χ2n) is 8.40. The maximum Gasteiger partial charge on any atom is 0.218 e. The molecule has 0 bridgehead atoms. The quantitative estimate of drug-likeness (QED) is 0.504. The Labute approximate surface area is 201 Å². The number of rotatable bonds is 10. The number of benzene rings is 2. The molecule has 0 radical (unpaired) electrons. The summed E-state index contributed by atoms with van der Waals surface area (Å²) in [6.45, 7) is 2.10. The molecule has 1 fully saturated rings. The van der Waals surface area contributed by atoms with Gasteiger partial charge in [-0.25, -0.2) is 8.42 Å². The van der Waals surface area contributed by atoms with E-state index in [0.717, 1.165) is 9.87 Å². The largest absolute Gasteiger partial charge is 0.548 e. The fourth-order valence-electron chi connectivity index (χ4n) is 4.99. The molecule has 3 atom stereocenters. The Morgan fingerprint density at radius 2 is 1.71 bits per heavy atom. The maximum atomic E-state index is 13.3. The minimum Gasteiger partial charge on any atom is -0.548 e. The van der Waals surface area contributed by atoms with Gasteiger partial charge in [-0.15, -0.1) is 0 Å². The van der Waals surface area contributed by atoms with Crippen molar-refractivity contribution in [1.29, 1.82) is 0 Å². The molecule has 3 unspecified atom stereocenters. The molecule has 0 N–H and O–H groups in total. The van der Waals surface area contributed by atoms with E-state index >= 15 is 0 Å². The van der Waals surface area contributed by atoms with Crippen LogP contribution >= 0.6 is 0 Å². The highest BCUT2D eigenvalue weighted by atomic mass is 32.2. The van der Waals surface area contributed by atoms with E-state index in [1.54, 1.807) is 42.5 Å². The highest BCUT2D eigenvalue weighted by Gasteiger charge is 2.42. The summed E-state index contributed by atoms with van der Waals surface area (Å²) in [5.41, 5.74) is 1.41. The van der Waals surface area contributed by atoms with Crippen molar-refractivity contribution >= 4 is 16.0 Å². The number of carboxylic acids is 1. The SMILES string of the molecule is CCC(c1cc(OC)c(OC)c(OC)c1)C1CCCN(S(=O)(=O)Cc2ccccc2)C1C(=O)[O-]. The van der Waals surface area contributed by atoms with Crippen LogP contribution in [0, 0.1) is 5.92 Å². The fraction of sp³-hybridized carbons (Fsp3) is 0.480. The Morgan fingerprint density at radius 3 is 2.21 bits per heavy atom. The van der Waals surface area contributed by atoms with Crippen molar-refractivity contribution in [1.82, 2.24) is 4.31 Å². The third kappa shape index (κ3) is 5.31. The number of hydrogen-bond acceptors (Lipinski definition) is 7. The Kier molecular flexibility index (Phi) is 8.43. The number of hydrogen-bond donors (Lipinski definition) is 0. The molecule has 0 spiro atoms. The second-order valence-corrected chi connectivity index (χ2v) is 10.3. The molecule has 0 amide bonds. The molecule has 9 heteroatoms. The molecule has 1 aliphatic heterocycles. The van der Waals surface area contributed by atoms with E-state index in [2.05, 4.69) is 0 Å². The van der Waals surface area contributed by atoms with Gasteiger partial charge in [-0.1, -0.05) is 37.3 Å². The van der Waals surface area contributed by atoms with E-state index in [-0.39, 0.29) is 18.2 Å². The summed E-state index contributed by atoms with van der Waals surface area (Å²) in [5, 5.41) is 12.4. The standard InChI is InChI=1S/C25H33NO7S/c1-5-19(18-14-21(31-2)24(33-4)22(15-18)32-3)20-12-9-13-26(23(20)25(27)28)34(29,30)16-17-10-7-6-8-11-17/h6-8,10-11,14-15,19-20,23H,5,9,12-13,16H2,1-4H3,(H,27,28)/p-1. The van der Waals surface area contributed by atoms with Crippen LogP contribution in [0.2, 0.25) is 0 Å². The van der Waals surface area contributed by atoms with Crippen LogP contribution < -0.4 is 19.3 Å². The maximum absolute atomic E-state index is 13.3. The zero-order chi connectivity index (χ0) is 24.9. The molecule has 0 saturated carbocycles. The van der Waals surface area contributed by atoms with E-state index in [0.29, 0.717) is 42.1 Å². The molecule has 1 saturated heterocycles. The first kappa shape index (κ1) is 25.8. The normalized spacial score (nSPS) is 19.9. The lowest BCUT2D eigenvalue weighted by atomic mass is 9.75. The highest BCUT2D eigenvalue weighted by Crippen LogP contribution is 2.45. The molecule has 0 aromatic heterocycles. The minimum absolute atomic E-state index is 0.149. The predicted octanol–water partition coefficient (Wildman–Crippen LogP) is 2.57. The lowest BCUT2D eigenvalue weighted by molar-refractivity contribution is -0.313. The molecule has 0 aliphatic carbocycles. The van der Waals surface area contributed by atoms with Crippen LogP contribution in [0.3, 0.4) is 0 Å². The predicted molar refractivity (Wildman–Crippen MR) is 126 cm³/mol. The smallest absolute Gasteiger partial charge is 0.218 e. The summed E-state index contributed by atoms with van der Waals surface area (Å²) in [5.74, 6) is -1.01. The average molecular weight is 491 g/mol. The molecule has 2 aromatic rings. The number of piperidine rings is 1. The summed E-state index contributed by atoms with van der Waals surface area (Å²) >= 11 is 0. The van der Waals surface area contributed by atoms with E-state index in [1.165, 1.54) is 21.3 Å². The first-order valence-electron chi connectivity index (χ1n) is 11.3. The third-order valence-electron chi connectivity index (χ3n) is 6.49. The monoisotopic (exact) mass is 490 g/mol. The number of ether oxygens (including phenoxy) is 3. The van der Waals surface area contributed by atoms with Crippen LogP contribution in [-0.4, -0.2) is 52.6 Å². The first-order chi connectivity index (χ1) is 16.3. The summed E-state index contributed by atoms with van der Waals surface area (Å²) < 4.78 is 44.1. The van der Waals surface area contributed by atoms with Gasteiger partial charge in [0.25, 0.3) is 0 Å². The number of sulfonamides is 1. The Morgan fingerprint density at radius 1 is 1.09 bits per heavy atom. The fourth-order valence-corrected chi connectivity index (χ4v) is 6.76. The van der Waals surface area contributed by atoms with Gasteiger partial charge < -0.3 is 24.1 Å². The van der Waals surface area contributed by atoms with Gasteiger partial charge in [0.05, 0.1) is 39.1 Å². The van der Waals surface area contributed by atoms with Gasteiger partial charge in [-0.05, 0) is 54.4 Å². The number of carboxylic acid groups (broad SMARTS) is 1. The zero-order valence-corrected chi connectivity index (χ0v) is 20.8. The lowest BCUT2D eigenvalue weighted by Gasteiger charge is -2.44. The van der Waals surface area contributed by atoms with E-state index < -0.39 is 28.0 Å². The highest BCUT2D eigenvalue weighted by molar-refractivity contribution is 7.88. The molecular formula is C25H32NO7S-. The van der Waals surface area contributed by atoms with Crippen molar-refractivity contribution in [2.24, 2.45) is 5.92 Å². The Bertz CT molecular complexity index is 1060. The third-order valence-corrected chi connectivity index (χ3v) is 8.32. The van der Waals surface area contributed by atoms with Gasteiger partial charge in [-0.2, -0.15) is 4.31 Å². The van der Waals surface area contributed by atoms with Gasteiger partial charge in [0, 0.05) is 6.54 Å². The van der Waals surface area contributed by atoms with E-state index in [9.17, 15) is 18.3 Å². The number of methoxy groups -OCH3 is 3. The molecular weight excluding hydrogens is 458 g/mol. The van der Waals surface area contributed by atoms with Crippen molar-refractivity contribution < 1.29 is 32.5 Å². The van der Waals surface area contributed by atoms with Gasteiger partial charge in [-0.3, -0.25) is 0 Å². The summed E-state index contributed by atoms with van der Waals surface area (Å²) in [6.07, 6.45) is 1.72. The topological polar surface area (TPSA) is 105 Å². The Balaban J connectivity index is 2.01. The molecule has 186 valence electrons. The number of aliphatic carboxylic acids is 1. The van der Waals surface area contributed by atoms with Crippen LogP contribution in [0.1, 0.15) is 43.2 Å². The molecule has 8 nitrogen and oxygen atoms in total.